The lowest BCUT2D eigenvalue weighted by Crippen LogP contribution is -1.94. The third-order valence-electron chi connectivity index (χ3n) is 4.94. The van der Waals surface area contributed by atoms with E-state index in [4.69, 9.17) is 9.47 Å². The number of benzene rings is 4. The molecule has 27 heavy (non-hydrogen) atoms. The lowest BCUT2D eigenvalue weighted by atomic mass is 9.89. The number of methoxy groups -OCH3 is 2. The molecule has 4 aromatic rings. The highest BCUT2D eigenvalue weighted by atomic mass is 16.5. The number of fused-ring (bicyclic) bond motifs is 2. The minimum Gasteiger partial charge on any atom is -0.507 e. The van der Waals surface area contributed by atoms with Crippen molar-refractivity contribution in [1.29, 1.82) is 0 Å². The van der Waals surface area contributed by atoms with Crippen LogP contribution in [-0.4, -0.2) is 24.4 Å². The van der Waals surface area contributed by atoms with Crippen molar-refractivity contribution in [3.63, 3.8) is 0 Å². The highest BCUT2D eigenvalue weighted by Gasteiger charge is 2.17. The van der Waals surface area contributed by atoms with Gasteiger partial charge in [0.1, 0.15) is 17.2 Å². The summed E-state index contributed by atoms with van der Waals surface area (Å²) in [4.78, 5) is 0. The van der Waals surface area contributed by atoms with Crippen LogP contribution in [-0.2, 0) is 6.61 Å². The zero-order valence-corrected chi connectivity index (χ0v) is 15.2. The van der Waals surface area contributed by atoms with Crippen LogP contribution in [0.15, 0.2) is 60.7 Å². The van der Waals surface area contributed by atoms with E-state index in [0.29, 0.717) is 5.56 Å². The lowest BCUT2D eigenvalue weighted by molar-refractivity contribution is 0.282. The van der Waals surface area contributed by atoms with E-state index in [1.807, 2.05) is 54.6 Å². The molecular weight excluding hydrogens is 340 g/mol. The zero-order chi connectivity index (χ0) is 19.0. The van der Waals surface area contributed by atoms with Gasteiger partial charge in [-0.15, -0.1) is 0 Å². The first-order valence-corrected chi connectivity index (χ1v) is 8.67. The molecule has 0 bridgehead atoms. The largest absolute Gasteiger partial charge is 0.507 e. The van der Waals surface area contributed by atoms with Gasteiger partial charge in [0.25, 0.3) is 0 Å². The van der Waals surface area contributed by atoms with Gasteiger partial charge in [-0.25, -0.2) is 0 Å². The molecule has 0 amide bonds. The number of aromatic hydroxyl groups is 1. The van der Waals surface area contributed by atoms with E-state index in [1.165, 1.54) is 0 Å². The van der Waals surface area contributed by atoms with Crippen molar-refractivity contribution in [2.24, 2.45) is 0 Å². The average molecular weight is 360 g/mol. The number of hydrogen-bond donors (Lipinski definition) is 2. The Kier molecular flexibility index (Phi) is 4.34. The molecule has 0 aliphatic carbocycles. The van der Waals surface area contributed by atoms with Crippen molar-refractivity contribution in [3.05, 3.63) is 66.2 Å². The maximum atomic E-state index is 10.7. The van der Waals surface area contributed by atoms with E-state index in [1.54, 1.807) is 20.3 Å². The predicted molar refractivity (Wildman–Crippen MR) is 108 cm³/mol. The Labute approximate surface area is 157 Å². The Morgan fingerprint density at radius 3 is 1.81 bits per heavy atom. The molecule has 0 fully saturated rings. The molecule has 0 aliphatic heterocycles. The highest BCUT2D eigenvalue weighted by molar-refractivity contribution is 6.09. The maximum Gasteiger partial charge on any atom is 0.124 e. The number of phenolic OH excluding ortho intramolecular Hbond substituents is 1. The van der Waals surface area contributed by atoms with Crippen LogP contribution >= 0.6 is 0 Å². The van der Waals surface area contributed by atoms with Crippen LogP contribution in [0.1, 0.15) is 5.56 Å². The van der Waals surface area contributed by atoms with Crippen LogP contribution in [0.5, 0.6) is 17.2 Å². The van der Waals surface area contributed by atoms with E-state index in [2.05, 4.69) is 0 Å². The van der Waals surface area contributed by atoms with Crippen molar-refractivity contribution in [1.82, 2.24) is 0 Å². The topological polar surface area (TPSA) is 58.9 Å². The number of aliphatic hydroxyl groups excluding tert-OH is 1. The Morgan fingerprint density at radius 2 is 1.26 bits per heavy atom. The lowest BCUT2D eigenvalue weighted by Gasteiger charge is -2.17. The molecule has 0 radical (unpaired) electrons. The molecule has 0 saturated carbocycles. The molecule has 4 nitrogen and oxygen atoms in total. The number of ether oxygens (including phenoxy) is 2. The van der Waals surface area contributed by atoms with E-state index in [0.717, 1.165) is 44.2 Å². The summed E-state index contributed by atoms with van der Waals surface area (Å²) < 4.78 is 10.7. The first kappa shape index (κ1) is 17.2. The second-order valence-electron chi connectivity index (χ2n) is 6.39. The molecule has 0 heterocycles. The van der Waals surface area contributed by atoms with Crippen molar-refractivity contribution in [3.8, 4) is 28.4 Å². The molecule has 4 rings (SSSR count). The second kappa shape index (κ2) is 6.82. The molecule has 0 aliphatic rings. The second-order valence-corrected chi connectivity index (χ2v) is 6.39. The van der Waals surface area contributed by atoms with Crippen LogP contribution < -0.4 is 9.47 Å². The molecule has 136 valence electrons. The standard InChI is InChI=1S/C23H20O4/c1-26-17-6-8-19-14(11-17)3-4-16(13-24)22(19)23-20-9-7-18(27-2)12-15(20)5-10-21(23)25/h3-12,24-25H,13H2,1-2H3. The van der Waals surface area contributed by atoms with Crippen LogP contribution in [0.3, 0.4) is 0 Å². The minimum atomic E-state index is -0.122. The zero-order valence-electron chi connectivity index (χ0n) is 15.2. The monoisotopic (exact) mass is 360 g/mol. The number of aliphatic hydroxyl groups is 1. The summed E-state index contributed by atoms with van der Waals surface area (Å²) in [6, 6.07) is 18.9. The first-order valence-electron chi connectivity index (χ1n) is 8.67. The third kappa shape index (κ3) is 2.84. The summed E-state index contributed by atoms with van der Waals surface area (Å²) in [5, 5.41) is 24.5. The van der Waals surface area contributed by atoms with Gasteiger partial charge in [0.05, 0.1) is 20.8 Å². The highest BCUT2D eigenvalue weighted by Crippen LogP contribution is 2.43. The van der Waals surface area contributed by atoms with Crippen molar-refractivity contribution < 1.29 is 19.7 Å². The molecule has 4 heteroatoms. The van der Waals surface area contributed by atoms with Crippen LogP contribution in [0, 0.1) is 0 Å². The van der Waals surface area contributed by atoms with Gasteiger partial charge in [0.2, 0.25) is 0 Å². The Bertz CT molecular complexity index is 1150. The molecule has 0 saturated heterocycles. The Morgan fingerprint density at radius 1 is 0.704 bits per heavy atom. The minimum absolute atomic E-state index is 0.122. The average Bonchev–Trinajstić information content (AvgIpc) is 2.72. The predicted octanol–water partition coefficient (Wildman–Crippen LogP) is 4.88. The van der Waals surface area contributed by atoms with Crippen molar-refractivity contribution in [2.45, 2.75) is 6.61 Å². The molecule has 0 unspecified atom stereocenters. The molecule has 2 N–H and O–H groups in total. The quantitative estimate of drug-likeness (QED) is 0.545. The summed E-state index contributed by atoms with van der Waals surface area (Å²) in [5.41, 5.74) is 2.28. The van der Waals surface area contributed by atoms with Crippen LogP contribution in [0.4, 0.5) is 0 Å². The van der Waals surface area contributed by atoms with Crippen molar-refractivity contribution in [2.75, 3.05) is 14.2 Å². The van der Waals surface area contributed by atoms with Gasteiger partial charge in [-0.1, -0.05) is 24.3 Å². The third-order valence-corrected chi connectivity index (χ3v) is 4.94. The fourth-order valence-electron chi connectivity index (χ4n) is 3.59. The van der Waals surface area contributed by atoms with Gasteiger partial charge in [0.15, 0.2) is 0 Å². The SMILES string of the molecule is COc1ccc2c(-c3c(CO)ccc4cc(OC)ccc34)c(O)ccc2c1. The van der Waals surface area contributed by atoms with Crippen molar-refractivity contribution >= 4 is 21.5 Å². The first-order chi connectivity index (χ1) is 13.2. The number of rotatable bonds is 4. The van der Waals surface area contributed by atoms with Gasteiger partial charge in [-0.05, 0) is 69.1 Å². The Balaban J connectivity index is 2.11. The van der Waals surface area contributed by atoms with Crippen LogP contribution in [0.2, 0.25) is 0 Å². The number of hydrogen-bond acceptors (Lipinski definition) is 4. The summed E-state index contributed by atoms with van der Waals surface area (Å²) in [6.07, 6.45) is 0. The van der Waals surface area contributed by atoms with E-state index < -0.39 is 0 Å². The summed E-state index contributed by atoms with van der Waals surface area (Å²) >= 11 is 0. The molecular formula is C23H20O4. The molecule has 0 spiro atoms. The van der Waals surface area contributed by atoms with Gasteiger partial charge < -0.3 is 19.7 Å². The molecule has 0 aromatic heterocycles. The summed E-state index contributed by atoms with van der Waals surface area (Å²) in [6.45, 7) is -0.122. The molecule has 0 atom stereocenters. The van der Waals surface area contributed by atoms with Gasteiger partial charge in [0, 0.05) is 5.56 Å². The Hall–Kier alpha value is -3.24. The normalized spacial score (nSPS) is 11.1. The number of phenols is 1. The fourth-order valence-corrected chi connectivity index (χ4v) is 3.59. The van der Waals surface area contributed by atoms with E-state index in [9.17, 15) is 10.2 Å². The van der Waals surface area contributed by atoms with Gasteiger partial charge in [-0.3, -0.25) is 0 Å². The van der Waals surface area contributed by atoms with Gasteiger partial charge >= 0.3 is 0 Å². The van der Waals surface area contributed by atoms with Gasteiger partial charge in [-0.2, -0.15) is 0 Å². The molecule has 4 aromatic carbocycles. The smallest absolute Gasteiger partial charge is 0.124 e. The maximum absolute atomic E-state index is 10.7. The van der Waals surface area contributed by atoms with Crippen LogP contribution in [0.25, 0.3) is 32.7 Å². The summed E-state index contributed by atoms with van der Waals surface area (Å²) in [7, 11) is 3.26. The van der Waals surface area contributed by atoms with E-state index in [-0.39, 0.29) is 12.4 Å². The summed E-state index contributed by atoms with van der Waals surface area (Å²) in [5.74, 6) is 1.69. The van der Waals surface area contributed by atoms with E-state index >= 15 is 0 Å². The fraction of sp³-hybridized carbons (Fsp3) is 0.130.